The van der Waals surface area contributed by atoms with Crippen LogP contribution in [-0.4, -0.2) is 71.1 Å². The van der Waals surface area contributed by atoms with E-state index < -0.39 is 0 Å². The van der Waals surface area contributed by atoms with Crippen molar-refractivity contribution in [2.24, 2.45) is 11.8 Å². The lowest BCUT2D eigenvalue weighted by Gasteiger charge is -2.36. The number of hydrogen-bond acceptors (Lipinski definition) is 5. The molecule has 1 aromatic heterocycles. The number of benzene rings is 1. The zero-order valence-electron chi connectivity index (χ0n) is 19.1. The number of amides is 2. The minimum atomic E-state index is 0.0486. The quantitative estimate of drug-likeness (QED) is 0.637. The van der Waals surface area contributed by atoms with Crippen LogP contribution in [0.25, 0.3) is 11.3 Å². The Morgan fingerprint density at radius 2 is 1.75 bits per heavy atom. The van der Waals surface area contributed by atoms with Crippen LogP contribution in [0.4, 0.5) is 5.82 Å². The molecule has 1 saturated carbocycles. The van der Waals surface area contributed by atoms with Crippen LogP contribution in [-0.2, 0) is 9.59 Å². The summed E-state index contributed by atoms with van der Waals surface area (Å²) in [5.74, 6) is 1.58. The van der Waals surface area contributed by atoms with Crippen molar-refractivity contribution in [3.8, 4) is 11.3 Å². The lowest BCUT2D eigenvalue weighted by atomic mass is 10.1. The highest BCUT2D eigenvalue weighted by Gasteiger charge is 2.35. The van der Waals surface area contributed by atoms with E-state index >= 15 is 0 Å². The molecule has 170 valence electrons. The van der Waals surface area contributed by atoms with E-state index in [1.54, 1.807) is 4.90 Å². The maximum Gasteiger partial charge on any atom is 0.242 e. The van der Waals surface area contributed by atoms with Crippen molar-refractivity contribution in [2.75, 3.05) is 44.2 Å². The van der Waals surface area contributed by atoms with Crippen molar-refractivity contribution in [1.29, 1.82) is 0 Å². The van der Waals surface area contributed by atoms with E-state index in [1.165, 1.54) is 0 Å². The average Bonchev–Trinajstić information content (AvgIpc) is 3.69. The number of aromatic nitrogens is 2. The van der Waals surface area contributed by atoms with Crippen LogP contribution in [0.1, 0.15) is 33.1 Å². The van der Waals surface area contributed by atoms with Gasteiger partial charge in [-0.05, 0) is 30.9 Å². The van der Waals surface area contributed by atoms with Crippen molar-refractivity contribution in [1.82, 2.24) is 20.0 Å². The Labute approximate surface area is 190 Å². The molecule has 2 heterocycles. The normalized spacial score (nSPS) is 17.2. The molecule has 0 bridgehead atoms. The van der Waals surface area contributed by atoms with E-state index in [4.69, 9.17) is 0 Å². The fraction of sp³-hybridized carbons (Fsp3) is 0.520. The molecule has 1 atom stereocenters. The SMILES string of the molecule is CC[C@H](C)CN(CC(=O)N1CCN(c2ccc(-c3ccccc3)nn2)CC1)C(=O)C1CC1. The Morgan fingerprint density at radius 3 is 2.34 bits per heavy atom. The van der Waals surface area contributed by atoms with E-state index in [0.29, 0.717) is 38.6 Å². The summed E-state index contributed by atoms with van der Waals surface area (Å²) in [7, 11) is 0. The van der Waals surface area contributed by atoms with Gasteiger partial charge in [-0.15, -0.1) is 10.2 Å². The summed E-state index contributed by atoms with van der Waals surface area (Å²) in [6, 6.07) is 14.0. The molecule has 2 fully saturated rings. The molecule has 4 rings (SSSR count). The maximum absolute atomic E-state index is 13.0. The second-order valence-corrected chi connectivity index (χ2v) is 9.02. The van der Waals surface area contributed by atoms with Crippen molar-refractivity contribution in [3.63, 3.8) is 0 Å². The number of rotatable bonds is 8. The summed E-state index contributed by atoms with van der Waals surface area (Å²) < 4.78 is 0. The highest BCUT2D eigenvalue weighted by molar-refractivity contribution is 5.87. The summed E-state index contributed by atoms with van der Waals surface area (Å²) in [5, 5.41) is 8.79. The maximum atomic E-state index is 13.0. The van der Waals surface area contributed by atoms with Crippen LogP contribution in [0.15, 0.2) is 42.5 Å². The molecule has 1 saturated heterocycles. The van der Waals surface area contributed by atoms with Gasteiger partial charge in [0, 0.05) is 44.2 Å². The lowest BCUT2D eigenvalue weighted by molar-refractivity contribution is -0.142. The van der Waals surface area contributed by atoms with Crippen LogP contribution in [0.2, 0.25) is 0 Å². The van der Waals surface area contributed by atoms with Gasteiger partial charge in [0.05, 0.1) is 12.2 Å². The minimum absolute atomic E-state index is 0.0486. The molecular weight excluding hydrogens is 402 g/mol. The van der Waals surface area contributed by atoms with Gasteiger partial charge < -0.3 is 14.7 Å². The first-order valence-corrected chi connectivity index (χ1v) is 11.8. The number of carbonyl (C=O) groups is 2. The van der Waals surface area contributed by atoms with Gasteiger partial charge in [-0.25, -0.2) is 0 Å². The Morgan fingerprint density at radius 1 is 1.03 bits per heavy atom. The zero-order valence-corrected chi connectivity index (χ0v) is 19.1. The fourth-order valence-corrected chi connectivity index (χ4v) is 4.03. The average molecular weight is 436 g/mol. The second-order valence-electron chi connectivity index (χ2n) is 9.02. The van der Waals surface area contributed by atoms with Gasteiger partial charge in [-0.2, -0.15) is 0 Å². The lowest BCUT2D eigenvalue weighted by Crippen LogP contribution is -2.52. The smallest absolute Gasteiger partial charge is 0.242 e. The van der Waals surface area contributed by atoms with Gasteiger partial charge >= 0.3 is 0 Å². The third-order valence-corrected chi connectivity index (χ3v) is 6.47. The molecule has 7 heteroatoms. The van der Waals surface area contributed by atoms with Crippen molar-refractivity contribution in [2.45, 2.75) is 33.1 Å². The molecule has 32 heavy (non-hydrogen) atoms. The van der Waals surface area contributed by atoms with Crippen molar-refractivity contribution in [3.05, 3.63) is 42.5 Å². The molecule has 0 N–H and O–H groups in total. The topological polar surface area (TPSA) is 69.6 Å². The number of piperazine rings is 1. The third-order valence-electron chi connectivity index (χ3n) is 6.47. The summed E-state index contributed by atoms with van der Waals surface area (Å²) in [6.07, 6.45) is 2.94. The fourth-order valence-electron chi connectivity index (χ4n) is 4.03. The molecule has 1 aliphatic carbocycles. The molecule has 2 aromatic rings. The minimum Gasteiger partial charge on any atom is -0.352 e. The van der Waals surface area contributed by atoms with Crippen LogP contribution in [0.5, 0.6) is 0 Å². The standard InChI is InChI=1S/C25H33N5O2/c1-3-19(2)17-30(25(32)21-9-10-21)18-24(31)29-15-13-28(14-16-29)23-12-11-22(26-27-23)20-7-5-4-6-8-20/h4-8,11-12,19,21H,3,9-10,13-18H2,1-2H3/t19-/m0/s1. The Bertz CT molecular complexity index is 906. The number of carbonyl (C=O) groups excluding carboxylic acids is 2. The molecule has 7 nitrogen and oxygen atoms in total. The zero-order chi connectivity index (χ0) is 22.5. The number of nitrogens with zero attached hydrogens (tertiary/aromatic N) is 5. The number of hydrogen-bond donors (Lipinski definition) is 0. The Kier molecular flexibility index (Phi) is 7.02. The van der Waals surface area contributed by atoms with Crippen LogP contribution >= 0.6 is 0 Å². The highest BCUT2D eigenvalue weighted by atomic mass is 16.2. The van der Waals surface area contributed by atoms with Crippen LogP contribution in [0.3, 0.4) is 0 Å². The van der Waals surface area contributed by atoms with Gasteiger partial charge in [0.15, 0.2) is 5.82 Å². The van der Waals surface area contributed by atoms with Gasteiger partial charge in [-0.3, -0.25) is 9.59 Å². The third kappa shape index (κ3) is 5.44. The predicted octanol–water partition coefficient (Wildman–Crippen LogP) is 3.08. The first kappa shape index (κ1) is 22.2. The predicted molar refractivity (Wildman–Crippen MR) is 125 cm³/mol. The Balaban J connectivity index is 1.31. The summed E-state index contributed by atoms with van der Waals surface area (Å²) in [5.41, 5.74) is 1.90. The van der Waals surface area contributed by atoms with Crippen LogP contribution in [0, 0.1) is 11.8 Å². The largest absolute Gasteiger partial charge is 0.352 e. The summed E-state index contributed by atoms with van der Waals surface area (Å²) >= 11 is 0. The van der Waals surface area contributed by atoms with E-state index in [9.17, 15) is 9.59 Å². The summed E-state index contributed by atoms with van der Waals surface area (Å²) in [4.78, 5) is 31.5. The van der Waals surface area contributed by atoms with Gasteiger partial charge in [0.2, 0.25) is 11.8 Å². The van der Waals surface area contributed by atoms with Crippen molar-refractivity contribution < 1.29 is 9.59 Å². The van der Waals surface area contributed by atoms with E-state index in [2.05, 4.69) is 28.9 Å². The highest BCUT2D eigenvalue weighted by Crippen LogP contribution is 2.31. The van der Waals surface area contributed by atoms with Crippen molar-refractivity contribution >= 4 is 17.6 Å². The first-order chi connectivity index (χ1) is 15.5. The molecule has 2 aliphatic rings. The molecule has 1 aromatic carbocycles. The van der Waals surface area contributed by atoms with Crippen LogP contribution < -0.4 is 4.90 Å². The second kappa shape index (κ2) is 10.1. The molecule has 0 spiro atoms. The Hall–Kier alpha value is -2.96. The van der Waals surface area contributed by atoms with Gasteiger partial charge in [0.25, 0.3) is 0 Å². The van der Waals surface area contributed by atoms with E-state index in [-0.39, 0.29) is 24.3 Å². The molecular formula is C25H33N5O2. The number of anilines is 1. The van der Waals surface area contributed by atoms with Gasteiger partial charge in [-0.1, -0.05) is 50.6 Å². The monoisotopic (exact) mass is 435 g/mol. The van der Waals surface area contributed by atoms with Gasteiger partial charge in [0.1, 0.15) is 0 Å². The molecule has 0 radical (unpaired) electrons. The summed E-state index contributed by atoms with van der Waals surface area (Å²) in [6.45, 7) is 7.83. The molecule has 0 unspecified atom stereocenters. The van der Waals surface area contributed by atoms with E-state index in [1.807, 2.05) is 47.4 Å². The first-order valence-electron chi connectivity index (χ1n) is 11.8. The van der Waals surface area contributed by atoms with E-state index in [0.717, 1.165) is 36.3 Å². The molecule has 2 amide bonds. The molecule has 1 aliphatic heterocycles.